The molecule has 0 saturated carbocycles. The Bertz CT molecular complexity index is 648. The summed E-state index contributed by atoms with van der Waals surface area (Å²) in [6.07, 6.45) is -0.550. The number of hydrogen-bond acceptors (Lipinski definition) is 9. The van der Waals surface area contributed by atoms with Crippen LogP contribution in [0.25, 0.3) is 0 Å². The molecule has 0 aliphatic carbocycles. The molecule has 2 saturated heterocycles. The molecule has 0 radical (unpaired) electrons. The van der Waals surface area contributed by atoms with E-state index in [4.69, 9.17) is 14.5 Å². The normalized spacial score (nSPS) is 25.5. The molecule has 0 aromatic heterocycles. The molecule has 3 amide bonds. The number of amides is 3. The molecule has 3 rings (SSSR count). The van der Waals surface area contributed by atoms with E-state index in [1.807, 2.05) is 16.7 Å². The molecule has 2 fully saturated rings. The number of imide groups is 1. The van der Waals surface area contributed by atoms with Gasteiger partial charge in [-0.15, -0.1) is 0 Å². The van der Waals surface area contributed by atoms with E-state index in [0.29, 0.717) is 51.9 Å². The van der Waals surface area contributed by atoms with Gasteiger partial charge in [0.05, 0.1) is 20.3 Å². The topological polar surface area (TPSA) is 107 Å². The van der Waals surface area contributed by atoms with Crippen molar-refractivity contribution in [3.05, 3.63) is 0 Å². The van der Waals surface area contributed by atoms with Crippen molar-refractivity contribution >= 4 is 23.9 Å². The summed E-state index contributed by atoms with van der Waals surface area (Å²) in [5.74, 6) is 0.102. The van der Waals surface area contributed by atoms with Crippen molar-refractivity contribution in [1.29, 1.82) is 0 Å². The minimum atomic E-state index is -0.564. The van der Waals surface area contributed by atoms with Crippen LogP contribution in [0, 0.1) is 0 Å². The highest BCUT2D eigenvalue weighted by molar-refractivity contribution is 6.03. The van der Waals surface area contributed by atoms with Gasteiger partial charge in [0.15, 0.2) is 18.2 Å². The number of nitrogens with zero attached hydrogens (tertiary/aromatic N) is 5. The molecule has 3 heterocycles. The van der Waals surface area contributed by atoms with Gasteiger partial charge in [-0.25, -0.2) is 9.79 Å². The number of urea groups is 1. The molecule has 156 valence electrons. The number of methoxy groups -OCH3 is 1. The predicted molar refractivity (Wildman–Crippen MR) is 99.5 cm³/mol. The number of carbonyl (C=O) groups is 3. The first-order chi connectivity index (χ1) is 13.5. The minimum absolute atomic E-state index is 0.257. The number of guanidine groups is 1. The summed E-state index contributed by atoms with van der Waals surface area (Å²) >= 11 is 0. The van der Waals surface area contributed by atoms with Crippen molar-refractivity contribution in [2.45, 2.75) is 19.1 Å². The summed E-state index contributed by atoms with van der Waals surface area (Å²) < 4.78 is 10.2. The largest absolute Gasteiger partial charge is 0.468 e. The number of ether oxygens (including phenoxy) is 2. The van der Waals surface area contributed by atoms with Crippen LogP contribution in [0.4, 0.5) is 4.79 Å². The van der Waals surface area contributed by atoms with Crippen molar-refractivity contribution in [1.82, 2.24) is 24.9 Å². The van der Waals surface area contributed by atoms with E-state index in [9.17, 15) is 14.4 Å². The Kier molecular flexibility index (Phi) is 6.35. The first kappa shape index (κ1) is 20.3. The lowest BCUT2D eigenvalue weighted by Gasteiger charge is -2.40. The Morgan fingerprint density at radius 1 is 1.25 bits per heavy atom. The lowest BCUT2D eigenvalue weighted by atomic mass is 10.1. The van der Waals surface area contributed by atoms with Crippen molar-refractivity contribution in [2.75, 3.05) is 66.6 Å². The SMILES string of the molecule is CCOCCN1C(N2CCN(CC(=O)OC)CC2)=NC2C1C(=O)NC(=O)N2C. The number of likely N-dealkylation sites (N-methyl/N-ethyl adjacent to an activating group) is 1. The smallest absolute Gasteiger partial charge is 0.325 e. The van der Waals surface area contributed by atoms with Crippen molar-refractivity contribution in [3.8, 4) is 0 Å². The summed E-state index contributed by atoms with van der Waals surface area (Å²) in [7, 11) is 3.02. The van der Waals surface area contributed by atoms with E-state index in [0.717, 1.165) is 0 Å². The van der Waals surface area contributed by atoms with Gasteiger partial charge in [-0.1, -0.05) is 0 Å². The van der Waals surface area contributed by atoms with E-state index in [1.165, 1.54) is 12.0 Å². The lowest BCUT2D eigenvalue weighted by Crippen LogP contribution is -2.65. The van der Waals surface area contributed by atoms with Gasteiger partial charge in [0.2, 0.25) is 0 Å². The number of hydrogen-bond donors (Lipinski definition) is 1. The third-order valence-corrected chi connectivity index (χ3v) is 5.25. The number of aliphatic imine (C=N–C) groups is 1. The first-order valence-corrected chi connectivity index (χ1v) is 9.50. The molecule has 0 bridgehead atoms. The van der Waals surface area contributed by atoms with Crippen molar-refractivity contribution in [3.63, 3.8) is 0 Å². The standard InChI is InChI=1S/C17H28N6O5/c1-4-28-10-9-23-13-14(20(2)17(26)19-15(13)25)18-16(23)22-7-5-21(6-8-22)11-12(24)27-3/h13-14H,4-11H2,1-3H3,(H,19,25,26). The summed E-state index contributed by atoms with van der Waals surface area (Å²) in [6, 6.07) is -1.00. The Hall–Kier alpha value is -2.40. The maximum absolute atomic E-state index is 12.5. The van der Waals surface area contributed by atoms with E-state index >= 15 is 0 Å². The molecule has 2 atom stereocenters. The molecule has 28 heavy (non-hydrogen) atoms. The molecule has 0 aromatic rings. The number of esters is 1. The van der Waals surface area contributed by atoms with Crippen LogP contribution in [0.2, 0.25) is 0 Å². The third kappa shape index (κ3) is 4.04. The number of piperazine rings is 1. The molecular weight excluding hydrogens is 368 g/mol. The highest BCUT2D eigenvalue weighted by Crippen LogP contribution is 2.25. The molecule has 11 heteroatoms. The molecular formula is C17H28N6O5. The monoisotopic (exact) mass is 396 g/mol. The molecule has 3 aliphatic rings. The van der Waals surface area contributed by atoms with Crippen LogP contribution in [0.5, 0.6) is 0 Å². The second-order valence-corrected chi connectivity index (χ2v) is 6.92. The van der Waals surface area contributed by atoms with Crippen LogP contribution >= 0.6 is 0 Å². The predicted octanol–water partition coefficient (Wildman–Crippen LogP) is -1.64. The van der Waals surface area contributed by atoms with Crippen LogP contribution in [0.3, 0.4) is 0 Å². The van der Waals surface area contributed by atoms with E-state index in [-0.39, 0.29) is 18.4 Å². The lowest BCUT2D eigenvalue weighted by molar-refractivity contribution is -0.142. The van der Waals surface area contributed by atoms with Crippen LogP contribution in [0.15, 0.2) is 4.99 Å². The third-order valence-electron chi connectivity index (χ3n) is 5.25. The number of rotatable bonds is 6. The van der Waals surface area contributed by atoms with Gasteiger partial charge in [-0.05, 0) is 6.92 Å². The van der Waals surface area contributed by atoms with Crippen LogP contribution in [-0.2, 0) is 19.1 Å². The van der Waals surface area contributed by atoms with Gasteiger partial charge >= 0.3 is 12.0 Å². The highest BCUT2D eigenvalue weighted by Gasteiger charge is 2.49. The van der Waals surface area contributed by atoms with Crippen LogP contribution in [-0.4, -0.2) is 122 Å². The van der Waals surface area contributed by atoms with Gasteiger partial charge in [0.1, 0.15) is 0 Å². The van der Waals surface area contributed by atoms with Gasteiger partial charge in [0, 0.05) is 46.4 Å². The van der Waals surface area contributed by atoms with E-state index in [1.54, 1.807) is 7.05 Å². The molecule has 11 nitrogen and oxygen atoms in total. The summed E-state index contributed by atoms with van der Waals surface area (Å²) in [4.78, 5) is 48.2. The van der Waals surface area contributed by atoms with Crippen molar-refractivity contribution in [2.24, 2.45) is 4.99 Å². The molecule has 0 spiro atoms. The first-order valence-electron chi connectivity index (χ1n) is 9.50. The fraction of sp³-hybridized carbons (Fsp3) is 0.765. The second kappa shape index (κ2) is 8.74. The fourth-order valence-electron chi connectivity index (χ4n) is 3.67. The maximum atomic E-state index is 12.5. The Labute approximate surface area is 164 Å². The van der Waals surface area contributed by atoms with E-state index < -0.39 is 18.2 Å². The average Bonchev–Trinajstić information content (AvgIpc) is 3.07. The van der Waals surface area contributed by atoms with Gasteiger partial charge in [-0.3, -0.25) is 19.8 Å². The Morgan fingerprint density at radius 2 is 1.96 bits per heavy atom. The molecule has 3 aliphatic heterocycles. The van der Waals surface area contributed by atoms with E-state index in [2.05, 4.69) is 10.2 Å². The molecule has 2 unspecified atom stereocenters. The van der Waals surface area contributed by atoms with Gasteiger partial charge < -0.3 is 24.2 Å². The average molecular weight is 396 g/mol. The van der Waals surface area contributed by atoms with Crippen LogP contribution < -0.4 is 5.32 Å². The quantitative estimate of drug-likeness (QED) is 0.421. The zero-order valence-electron chi connectivity index (χ0n) is 16.6. The van der Waals surface area contributed by atoms with Gasteiger partial charge in [-0.2, -0.15) is 0 Å². The maximum Gasteiger partial charge on any atom is 0.325 e. The van der Waals surface area contributed by atoms with Crippen molar-refractivity contribution < 1.29 is 23.9 Å². The Balaban J connectivity index is 1.73. The molecule has 0 aromatic carbocycles. The zero-order chi connectivity index (χ0) is 20.3. The number of carbonyl (C=O) groups excluding carboxylic acids is 3. The summed E-state index contributed by atoms with van der Waals surface area (Å²) in [5.41, 5.74) is 0. The minimum Gasteiger partial charge on any atom is -0.468 e. The number of nitrogens with one attached hydrogen (secondary N) is 1. The zero-order valence-corrected chi connectivity index (χ0v) is 16.6. The van der Waals surface area contributed by atoms with Crippen LogP contribution in [0.1, 0.15) is 6.92 Å². The van der Waals surface area contributed by atoms with Gasteiger partial charge in [0.25, 0.3) is 5.91 Å². The number of fused-ring (bicyclic) bond motifs is 1. The Morgan fingerprint density at radius 3 is 2.61 bits per heavy atom. The summed E-state index contributed by atoms with van der Waals surface area (Å²) in [6.45, 7) is 6.44. The fourth-order valence-corrected chi connectivity index (χ4v) is 3.67. The summed E-state index contributed by atoms with van der Waals surface area (Å²) in [5, 5.41) is 2.39. The molecule has 1 N–H and O–H groups in total. The second-order valence-electron chi connectivity index (χ2n) is 6.92. The highest BCUT2D eigenvalue weighted by atomic mass is 16.5.